The Bertz CT molecular complexity index is 621. The number of hydrogen-bond donors (Lipinski definition) is 1. The molecule has 1 aromatic heterocycles. The Morgan fingerprint density at radius 1 is 1.50 bits per heavy atom. The van der Waals surface area contributed by atoms with Gasteiger partial charge in [-0.25, -0.2) is 4.98 Å². The van der Waals surface area contributed by atoms with Crippen molar-refractivity contribution < 1.29 is 9.72 Å². The van der Waals surface area contributed by atoms with Crippen molar-refractivity contribution >= 4 is 38.3 Å². The maximum absolute atomic E-state index is 11.5. The zero-order chi connectivity index (χ0) is 13.3. The fourth-order valence-electron chi connectivity index (χ4n) is 1.33. The maximum Gasteiger partial charge on any atom is 0.271 e. The van der Waals surface area contributed by atoms with Gasteiger partial charge in [-0.05, 0) is 6.07 Å². The average Bonchev–Trinajstić information content (AvgIpc) is 2.69. The molecule has 1 N–H and O–H groups in total. The molecule has 0 atom stereocenters. The molecule has 1 heterocycles. The molecule has 0 unspecified atom stereocenters. The lowest BCUT2D eigenvalue weighted by atomic mass is 10.2. The Hall–Kier alpha value is -2.02. The molecule has 1 aromatic carbocycles. The summed E-state index contributed by atoms with van der Waals surface area (Å²) < 4.78 is 0.805. The van der Waals surface area contributed by atoms with Crippen LogP contribution in [0.25, 0.3) is 10.2 Å². The van der Waals surface area contributed by atoms with Gasteiger partial charge in [-0.3, -0.25) is 14.9 Å². The summed E-state index contributed by atoms with van der Waals surface area (Å²) in [6.07, 6.45) is 0. The molecule has 18 heavy (non-hydrogen) atoms. The minimum atomic E-state index is -0.467. The van der Waals surface area contributed by atoms with E-state index in [2.05, 4.69) is 10.3 Å². The maximum atomic E-state index is 11.5. The molecule has 7 heteroatoms. The van der Waals surface area contributed by atoms with Gasteiger partial charge in [0.25, 0.3) is 5.69 Å². The first-order valence-electron chi connectivity index (χ1n) is 5.33. The average molecular weight is 265 g/mol. The number of amides is 1. The van der Waals surface area contributed by atoms with E-state index in [1.54, 1.807) is 19.9 Å². The Kier molecular flexibility index (Phi) is 3.24. The van der Waals surface area contributed by atoms with Gasteiger partial charge in [-0.15, -0.1) is 0 Å². The van der Waals surface area contributed by atoms with Crippen LogP contribution in [0.2, 0.25) is 0 Å². The molecule has 1 amide bonds. The van der Waals surface area contributed by atoms with Crippen LogP contribution in [-0.2, 0) is 4.79 Å². The molecule has 0 fully saturated rings. The Balaban J connectivity index is 2.33. The minimum absolute atomic E-state index is 0.00506. The minimum Gasteiger partial charge on any atom is -0.302 e. The first-order valence-corrected chi connectivity index (χ1v) is 6.15. The van der Waals surface area contributed by atoms with Crippen molar-refractivity contribution in [2.24, 2.45) is 5.92 Å². The second-order valence-electron chi connectivity index (χ2n) is 4.07. The van der Waals surface area contributed by atoms with Crippen LogP contribution < -0.4 is 5.32 Å². The number of carbonyl (C=O) groups is 1. The number of anilines is 1. The number of non-ortho nitro benzene ring substituents is 1. The predicted molar refractivity (Wildman–Crippen MR) is 69.7 cm³/mol. The molecule has 0 saturated heterocycles. The number of nitro benzene ring substituents is 1. The Labute approximate surface area is 107 Å². The smallest absolute Gasteiger partial charge is 0.271 e. The standard InChI is InChI=1S/C11H11N3O3S/c1-6(2)10(15)13-11-12-8-5-7(14(16)17)3-4-9(8)18-11/h3-6H,1-2H3,(H,12,13,15). The van der Waals surface area contributed by atoms with E-state index in [9.17, 15) is 14.9 Å². The number of nitrogens with zero attached hydrogens (tertiary/aromatic N) is 2. The highest BCUT2D eigenvalue weighted by molar-refractivity contribution is 7.22. The lowest BCUT2D eigenvalue weighted by Gasteiger charge is -2.02. The van der Waals surface area contributed by atoms with E-state index < -0.39 is 4.92 Å². The summed E-state index contributed by atoms with van der Waals surface area (Å²) in [7, 11) is 0. The van der Waals surface area contributed by atoms with Gasteiger partial charge in [0.05, 0.1) is 15.1 Å². The molecule has 6 nitrogen and oxygen atoms in total. The molecule has 0 radical (unpaired) electrons. The molecule has 0 aliphatic rings. The number of benzene rings is 1. The third-order valence-electron chi connectivity index (χ3n) is 2.34. The third kappa shape index (κ3) is 2.45. The lowest BCUT2D eigenvalue weighted by molar-refractivity contribution is -0.384. The molecule has 0 saturated carbocycles. The number of rotatable bonds is 3. The number of fused-ring (bicyclic) bond motifs is 1. The summed E-state index contributed by atoms with van der Waals surface area (Å²) in [4.78, 5) is 25.8. The molecule has 94 valence electrons. The summed E-state index contributed by atoms with van der Waals surface area (Å²) in [5.74, 6) is -0.255. The summed E-state index contributed by atoms with van der Waals surface area (Å²) in [6, 6.07) is 4.46. The molecule has 0 spiro atoms. The Morgan fingerprint density at radius 2 is 2.22 bits per heavy atom. The van der Waals surface area contributed by atoms with Crippen molar-refractivity contribution in [3.63, 3.8) is 0 Å². The van der Waals surface area contributed by atoms with E-state index in [1.165, 1.54) is 23.5 Å². The normalized spacial score (nSPS) is 10.8. The van der Waals surface area contributed by atoms with E-state index in [-0.39, 0.29) is 17.5 Å². The van der Waals surface area contributed by atoms with Crippen LogP contribution in [0.5, 0.6) is 0 Å². The van der Waals surface area contributed by atoms with Crippen LogP contribution >= 0.6 is 11.3 Å². The largest absolute Gasteiger partial charge is 0.302 e. The molecule has 0 aliphatic heterocycles. The highest BCUT2D eigenvalue weighted by Gasteiger charge is 2.13. The van der Waals surface area contributed by atoms with Crippen LogP contribution in [0, 0.1) is 16.0 Å². The van der Waals surface area contributed by atoms with E-state index in [4.69, 9.17) is 0 Å². The van der Waals surface area contributed by atoms with Gasteiger partial charge in [0.1, 0.15) is 0 Å². The van der Waals surface area contributed by atoms with Crippen molar-refractivity contribution in [3.8, 4) is 0 Å². The van der Waals surface area contributed by atoms with Crippen molar-refractivity contribution in [1.29, 1.82) is 0 Å². The van der Waals surface area contributed by atoms with E-state index >= 15 is 0 Å². The zero-order valence-electron chi connectivity index (χ0n) is 9.84. The van der Waals surface area contributed by atoms with Crippen LogP contribution in [0.15, 0.2) is 18.2 Å². The van der Waals surface area contributed by atoms with Gasteiger partial charge in [0.2, 0.25) is 5.91 Å². The van der Waals surface area contributed by atoms with E-state index in [0.717, 1.165) is 4.70 Å². The number of nitro groups is 1. The molecule has 0 bridgehead atoms. The van der Waals surface area contributed by atoms with Crippen molar-refractivity contribution in [2.45, 2.75) is 13.8 Å². The molecule has 2 aromatic rings. The first kappa shape index (κ1) is 12.4. The number of thiazole rings is 1. The first-order chi connectivity index (χ1) is 8.47. The summed E-state index contributed by atoms with van der Waals surface area (Å²) in [6.45, 7) is 3.57. The van der Waals surface area contributed by atoms with Gasteiger partial charge in [-0.1, -0.05) is 25.2 Å². The molecule has 0 aliphatic carbocycles. The van der Waals surface area contributed by atoms with Crippen molar-refractivity contribution in [2.75, 3.05) is 5.32 Å². The van der Waals surface area contributed by atoms with Gasteiger partial charge >= 0.3 is 0 Å². The van der Waals surface area contributed by atoms with Crippen LogP contribution in [0.4, 0.5) is 10.8 Å². The van der Waals surface area contributed by atoms with Crippen molar-refractivity contribution in [1.82, 2.24) is 4.98 Å². The van der Waals surface area contributed by atoms with Crippen LogP contribution in [0.3, 0.4) is 0 Å². The number of aromatic nitrogens is 1. The fourth-order valence-corrected chi connectivity index (χ4v) is 2.18. The van der Waals surface area contributed by atoms with E-state index in [0.29, 0.717) is 10.6 Å². The zero-order valence-corrected chi connectivity index (χ0v) is 10.7. The van der Waals surface area contributed by atoms with Crippen molar-refractivity contribution in [3.05, 3.63) is 28.3 Å². The summed E-state index contributed by atoms with van der Waals surface area (Å²) >= 11 is 1.30. The monoisotopic (exact) mass is 265 g/mol. The number of carbonyl (C=O) groups excluding carboxylic acids is 1. The van der Waals surface area contributed by atoms with E-state index in [1.807, 2.05) is 0 Å². The molecular formula is C11H11N3O3S. The van der Waals surface area contributed by atoms with Gasteiger partial charge in [0, 0.05) is 18.1 Å². The summed E-state index contributed by atoms with van der Waals surface area (Å²) in [5.41, 5.74) is 0.516. The highest BCUT2D eigenvalue weighted by Crippen LogP contribution is 2.28. The second kappa shape index (κ2) is 4.69. The van der Waals surface area contributed by atoms with Gasteiger partial charge < -0.3 is 5.32 Å². The highest BCUT2D eigenvalue weighted by atomic mass is 32.1. The topological polar surface area (TPSA) is 85.1 Å². The molecule has 2 rings (SSSR count). The third-order valence-corrected chi connectivity index (χ3v) is 3.29. The molecular weight excluding hydrogens is 254 g/mol. The Morgan fingerprint density at radius 3 is 2.83 bits per heavy atom. The van der Waals surface area contributed by atoms with Gasteiger partial charge in [-0.2, -0.15) is 0 Å². The fraction of sp³-hybridized carbons (Fsp3) is 0.273. The lowest BCUT2D eigenvalue weighted by Crippen LogP contribution is -2.17. The quantitative estimate of drug-likeness (QED) is 0.683. The van der Waals surface area contributed by atoms with Crippen LogP contribution in [0.1, 0.15) is 13.8 Å². The number of nitrogens with one attached hydrogen (secondary N) is 1. The predicted octanol–water partition coefficient (Wildman–Crippen LogP) is 2.80. The van der Waals surface area contributed by atoms with Crippen LogP contribution in [-0.4, -0.2) is 15.8 Å². The summed E-state index contributed by atoms with van der Waals surface area (Å²) in [5, 5.41) is 13.8. The van der Waals surface area contributed by atoms with Gasteiger partial charge in [0.15, 0.2) is 5.13 Å². The second-order valence-corrected chi connectivity index (χ2v) is 5.10. The number of hydrogen-bond acceptors (Lipinski definition) is 5. The SMILES string of the molecule is CC(C)C(=O)Nc1nc2cc([N+](=O)[O-])ccc2s1.